The number of amides is 1. The third kappa shape index (κ3) is 3.38. The zero-order valence-electron chi connectivity index (χ0n) is 15.8. The van der Waals surface area contributed by atoms with Crippen molar-refractivity contribution in [1.82, 2.24) is 4.98 Å². The lowest BCUT2D eigenvalue weighted by atomic mass is 10.1. The molecule has 0 saturated carbocycles. The summed E-state index contributed by atoms with van der Waals surface area (Å²) >= 11 is 0. The topological polar surface area (TPSA) is 109 Å². The van der Waals surface area contributed by atoms with Crippen molar-refractivity contribution in [3.63, 3.8) is 0 Å². The van der Waals surface area contributed by atoms with Crippen LogP contribution in [0.15, 0.2) is 42.5 Å². The van der Waals surface area contributed by atoms with Gasteiger partial charge in [0.1, 0.15) is 5.69 Å². The van der Waals surface area contributed by atoms with Gasteiger partial charge in [0.25, 0.3) is 13.3 Å². The number of primary amides is 1. The molecule has 7 heteroatoms. The number of aromatic amines is 1. The fraction of sp³-hybridized carbons (Fsp3) is 0.143. The van der Waals surface area contributed by atoms with E-state index in [9.17, 15) is 9.36 Å². The van der Waals surface area contributed by atoms with Crippen LogP contribution >= 0.6 is 7.37 Å². The molecule has 3 aromatic rings. The Hall–Kier alpha value is -3.13. The SMILES string of the molecule is COP(=O)(c1cc(C)cc(/C=C/C#N)c1)c1c(C(N)=O)[nH]c2ccc(C)cc12. The third-order valence-electron chi connectivity index (χ3n) is 4.50. The number of fused-ring (bicyclic) bond motifs is 1. The minimum Gasteiger partial charge on any atom is -0.364 e. The number of nitrogens with zero attached hydrogens (tertiary/aromatic N) is 1. The van der Waals surface area contributed by atoms with E-state index in [0.29, 0.717) is 21.8 Å². The van der Waals surface area contributed by atoms with Crippen LogP contribution in [0.3, 0.4) is 0 Å². The maximum Gasteiger partial charge on any atom is 0.266 e. The molecule has 3 N–H and O–H groups in total. The van der Waals surface area contributed by atoms with E-state index >= 15 is 0 Å². The van der Waals surface area contributed by atoms with Crippen molar-refractivity contribution >= 4 is 40.9 Å². The number of hydrogen-bond donors (Lipinski definition) is 2. The Morgan fingerprint density at radius 2 is 1.96 bits per heavy atom. The average Bonchev–Trinajstić information content (AvgIpc) is 3.04. The fourth-order valence-corrected chi connectivity index (χ4v) is 5.60. The van der Waals surface area contributed by atoms with Gasteiger partial charge in [0.05, 0.1) is 11.4 Å². The molecule has 28 heavy (non-hydrogen) atoms. The Morgan fingerprint density at radius 1 is 1.21 bits per heavy atom. The minimum atomic E-state index is -3.65. The Bertz CT molecular complexity index is 1200. The molecule has 3 rings (SSSR count). The molecule has 142 valence electrons. The molecule has 0 fully saturated rings. The van der Waals surface area contributed by atoms with Gasteiger partial charge >= 0.3 is 0 Å². The molecule has 2 aromatic carbocycles. The zero-order chi connectivity index (χ0) is 20.5. The Morgan fingerprint density at radius 3 is 2.61 bits per heavy atom. The number of carbonyl (C=O) groups excluding carboxylic acids is 1. The van der Waals surface area contributed by atoms with E-state index in [4.69, 9.17) is 15.5 Å². The van der Waals surface area contributed by atoms with Gasteiger partial charge in [0, 0.05) is 29.4 Å². The molecule has 1 unspecified atom stereocenters. The summed E-state index contributed by atoms with van der Waals surface area (Å²) in [7, 11) is -2.29. The highest BCUT2D eigenvalue weighted by molar-refractivity contribution is 7.75. The lowest BCUT2D eigenvalue weighted by Gasteiger charge is -2.19. The standard InChI is InChI=1S/C21H20N3O3P/c1-13-6-7-18-17(11-13)20(19(24-18)21(23)25)28(26,27-3)16-10-14(2)9-15(12-16)5-4-8-22/h4-7,9-12,24H,1-3H3,(H2,23,25)/b5-4+. The lowest BCUT2D eigenvalue weighted by molar-refractivity contribution is 0.0997. The van der Waals surface area contributed by atoms with Crippen LogP contribution in [0.5, 0.6) is 0 Å². The third-order valence-corrected chi connectivity index (χ3v) is 7.00. The average molecular weight is 393 g/mol. The molecule has 1 amide bonds. The van der Waals surface area contributed by atoms with Crippen molar-refractivity contribution < 1.29 is 13.9 Å². The van der Waals surface area contributed by atoms with Crippen molar-refractivity contribution in [2.24, 2.45) is 5.73 Å². The molecule has 1 atom stereocenters. The van der Waals surface area contributed by atoms with Crippen LogP contribution in [0.4, 0.5) is 0 Å². The molecule has 1 heterocycles. The largest absolute Gasteiger partial charge is 0.364 e. The molecule has 0 radical (unpaired) electrons. The lowest BCUT2D eigenvalue weighted by Crippen LogP contribution is -2.26. The van der Waals surface area contributed by atoms with Crippen LogP contribution < -0.4 is 16.3 Å². The van der Waals surface area contributed by atoms with Crippen LogP contribution in [0, 0.1) is 25.2 Å². The van der Waals surface area contributed by atoms with Crippen LogP contribution in [-0.4, -0.2) is 18.0 Å². The van der Waals surface area contributed by atoms with E-state index in [1.807, 2.05) is 44.2 Å². The highest BCUT2D eigenvalue weighted by atomic mass is 31.2. The summed E-state index contributed by atoms with van der Waals surface area (Å²) in [5.74, 6) is -0.710. The first kappa shape index (κ1) is 19.6. The molecule has 6 nitrogen and oxygen atoms in total. The number of aromatic nitrogens is 1. The summed E-state index contributed by atoms with van der Waals surface area (Å²) in [5.41, 5.74) is 8.82. The summed E-state index contributed by atoms with van der Waals surface area (Å²) in [6.45, 7) is 3.77. The summed E-state index contributed by atoms with van der Waals surface area (Å²) < 4.78 is 19.7. The fourth-order valence-electron chi connectivity index (χ4n) is 3.29. The molecule has 0 saturated heterocycles. The van der Waals surface area contributed by atoms with Gasteiger partial charge in [-0.2, -0.15) is 5.26 Å². The maximum absolute atomic E-state index is 14.1. The Balaban J connectivity index is 2.36. The van der Waals surface area contributed by atoms with E-state index in [0.717, 1.165) is 11.1 Å². The molecule has 1 aromatic heterocycles. The summed E-state index contributed by atoms with van der Waals surface area (Å²) in [6, 6.07) is 12.8. The van der Waals surface area contributed by atoms with Crippen molar-refractivity contribution in [2.45, 2.75) is 13.8 Å². The van der Waals surface area contributed by atoms with E-state index in [1.54, 1.807) is 18.2 Å². The maximum atomic E-state index is 14.1. The highest BCUT2D eigenvalue weighted by Crippen LogP contribution is 2.47. The van der Waals surface area contributed by atoms with Gasteiger partial charge < -0.3 is 15.2 Å². The minimum absolute atomic E-state index is 0.0707. The first-order chi connectivity index (χ1) is 13.3. The van der Waals surface area contributed by atoms with E-state index in [2.05, 4.69) is 4.98 Å². The molecule has 0 aliphatic heterocycles. The molecular formula is C21H20N3O3P. The molecule has 0 spiro atoms. The van der Waals surface area contributed by atoms with Crippen molar-refractivity contribution in [2.75, 3.05) is 7.11 Å². The summed E-state index contributed by atoms with van der Waals surface area (Å²) in [5, 5.41) is 10.1. The van der Waals surface area contributed by atoms with Gasteiger partial charge in [-0.1, -0.05) is 17.7 Å². The number of carbonyl (C=O) groups is 1. The molecular weight excluding hydrogens is 373 g/mol. The second-order valence-electron chi connectivity index (χ2n) is 6.56. The van der Waals surface area contributed by atoms with Crippen LogP contribution in [0.1, 0.15) is 27.2 Å². The van der Waals surface area contributed by atoms with Gasteiger partial charge in [0.2, 0.25) is 0 Å². The quantitative estimate of drug-likeness (QED) is 0.512. The zero-order valence-corrected chi connectivity index (χ0v) is 16.7. The van der Waals surface area contributed by atoms with Crippen molar-refractivity contribution in [3.8, 4) is 6.07 Å². The van der Waals surface area contributed by atoms with Crippen LogP contribution in [0.2, 0.25) is 0 Å². The number of nitrogens with two attached hydrogens (primary N) is 1. The van der Waals surface area contributed by atoms with Crippen molar-refractivity contribution in [3.05, 3.63) is 64.9 Å². The monoisotopic (exact) mass is 393 g/mol. The van der Waals surface area contributed by atoms with Crippen molar-refractivity contribution in [1.29, 1.82) is 5.26 Å². The molecule has 0 aliphatic rings. The van der Waals surface area contributed by atoms with Gasteiger partial charge in [-0.15, -0.1) is 0 Å². The Kier molecular flexibility index (Phi) is 5.24. The van der Waals surface area contributed by atoms with E-state index < -0.39 is 13.3 Å². The number of nitrogens with one attached hydrogen (secondary N) is 1. The second kappa shape index (κ2) is 7.47. The summed E-state index contributed by atoms with van der Waals surface area (Å²) in [4.78, 5) is 15.1. The van der Waals surface area contributed by atoms with Gasteiger partial charge in [-0.25, -0.2) is 0 Å². The first-order valence-corrected chi connectivity index (χ1v) is 10.2. The summed E-state index contributed by atoms with van der Waals surface area (Å²) in [6.07, 6.45) is 2.98. The number of rotatable bonds is 5. The molecule has 0 bridgehead atoms. The molecule has 0 aliphatic carbocycles. The first-order valence-electron chi connectivity index (χ1n) is 8.57. The number of benzene rings is 2. The number of hydrogen-bond acceptors (Lipinski definition) is 4. The van der Waals surface area contributed by atoms with Gasteiger partial charge in [-0.3, -0.25) is 9.36 Å². The number of aryl methyl sites for hydroxylation is 2. The highest BCUT2D eigenvalue weighted by Gasteiger charge is 2.35. The van der Waals surface area contributed by atoms with Crippen LogP contribution in [-0.2, 0) is 9.09 Å². The number of H-pyrrole nitrogens is 1. The second-order valence-corrected chi connectivity index (χ2v) is 8.99. The van der Waals surface area contributed by atoms with E-state index in [-0.39, 0.29) is 11.0 Å². The predicted octanol–water partition coefficient (Wildman–Crippen LogP) is 3.30. The predicted molar refractivity (Wildman–Crippen MR) is 111 cm³/mol. The van der Waals surface area contributed by atoms with E-state index in [1.165, 1.54) is 13.2 Å². The van der Waals surface area contributed by atoms with Crippen LogP contribution in [0.25, 0.3) is 17.0 Å². The van der Waals surface area contributed by atoms with Gasteiger partial charge in [0.15, 0.2) is 0 Å². The Labute approximate surface area is 163 Å². The number of allylic oxidation sites excluding steroid dienone is 1. The normalized spacial score (nSPS) is 13.5. The number of nitriles is 1. The van der Waals surface area contributed by atoms with Gasteiger partial charge in [-0.05, 0) is 55.3 Å². The smallest absolute Gasteiger partial charge is 0.266 e.